The van der Waals surface area contributed by atoms with Gasteiger partial charge in [-0.05, 0) is 62.1 Å². The second kappa shape index (κ2) is 7.17. The summed E-state index contributed by atoms with van der Waals surface area (Å²) in [7, 11) is 0. The van der Waals surface area contributed by atoms with Gasteiger partial charge in [0.25, 0.3) is 0 Å². The lowest BCUT2D eigenvalue weighted by molar-refractivity contribution is -0.149. The Morgan fingerprint density at radius 2 is 2.05 bits per heavy atom. The molecule has 1 aliphatic rings. The highest BCUT2D eigenvalue weighted by Crippen LogP contribution is 2.40. The fourth-order valence-corrected chi connectivity index (χ4v) is 3.40. The monoisotopic (exact) mass is 309 g/mol. The minimum atomic E-state index is -0.0588. The number of nitrogen functional groups attached to an aromatic ring is 1. The summed E-state index contributed by atoms with van der Waals surface area (Å²) in [5.74, 6) is 0.899. The van der Waals surface area contributed by atoms with E-state index in [2.05, 4.69) is 6.07 Å². The van der Waals surface area contributed by atoms with E-state index in [-0.39, 0.29) is 11.9 Å². The predicted molar refractivity (Wildman–Crippen MR) is 86.4 cm³/mol. The third-order valence-corrected chi connectivity index (χ3v) is 4.96. The molecular formula is C17H24ClNO2. The van der Waals surface area contributed by atoms with Crippen molar-refractivity contribution in [3.63, 3.8) is 0 Å². The molecule has 1 aromatic carbocycles. The number of carbonyl (C=O) groups is 1. The van der Waals surface area contributed by atoms with E-state index in [1.54, 1.807) is 0 Å². The second-order valence-corrected chi connectivity index (χ2v) is 6.34. The Balaban J connectivity index is 1.93. The summed E-state index contributed by atoms with van der Waals surface area (Å²) in [5.41, 5.74) is 7.65. The number of anilines is 1. The molecule has 1 saturated carbocycles. The van der Waals surface area contributed by atoms with E-state index in [1.807, 2.05) is 26.0 Å². The van der Waals surface area contributed by atoms with Crippen LogP contribution in [-0.2, 0) is 9.53 Å². The molecule has 1 unspecified atom stereocenters. The number of nitrogens with two attached hydrogens (primary N) is 1. The molecule has 2 rings (SSSR count). The summed E-state index contributed by atoms with van der Waals surface area (Å²) in [6, 6.07) is 5.93. The zero-order chi connectivity index (χ0) is 15.4. The maximum Gasteiger partial charge on any atom is 0.308 e. The minimum Gasteiger partial charge on any atom is -0.466 e. The van der Waals surface area contributed by atoms with Crippen LogP contribution in [0.5, 0.6) is 0 Å². The molecule has 116 valence electrons. The van der Waals surface area contributed by atoms with Gasteiger partial charge in [0.2, 0.25) is 0 Å². The SMILES string of the molecule is CCOC(=O)C(C)[C@H]1CC[C@H](c2ccc(N)c(Cl)c2)CC1. The largest absolute Gasteiger partial charge is 0.466 e. The molecule has 1 aromatic rings. The summed E-state index contributed by atoms with van der Waals surface area (Å²) < 4.78 is 5.13. The Morgan fingerprint density at radius 3 is 2.62 bits per heavy atom. The van der Waals surface area contributed by atoms with Crippen molar-refractivity contribution in [3.8, 4) is 0 Å². The lowest BCUT2D eigenvalue weighted by Crippen LogP contribution is -2.26. The topological polar surface area (TPSA) is 52.3 Å². The molecule has 0 aliphatic heterocycles. The first-order valence-corrected chi connectivity index (χ1v) is 8.12. The van der Waals surface area contributed by atoms with Gasteiger partial charge in [-0.3, -0.25) is 4.79 Å². The van der Waals surface area contributed by atoms with Crippen molar-refractivity contribution in [1.82, 2.24) is 0 Å². The van der Waals surface area contributed by atoms with Crippen molar-refractivity contribution in [2.24, 2.45) is 11.8 Å². The Morgan fingerprint density at radius 1 is 1.38 bits per heavy atom. The molecule has 0 heterocycles. The molecule has 1 fully saturated rings. The van der Waals surface area contributed by atoms with Crippen molar-refractivity contribution < 1.29 is 9.53 Å². The average Bonchev–Trinajstić information content (AvgIpc) is 2.50. The molecule has 1 aliphatic carbocycles. The average molecular weight is 310 g/mol. The quantitative estimate of drug-likeness (QED) is 0.662. The number of hydrogen-bond acceptors (Lipinski definition) is 3. The molecule has 4 heteroatoms. The fraction of sp³-hybridized carbons (Fsp3) is 0.588. The van der Waals surface area contributed by atoms with Crippen LogP contribution in [0.15, 0.2) is 18.2 Å². The first-order chi connectivity index (χ1) is 10.0. The maximum absolute atomic E-state index is 11.8. The van der Waals surface area contributed by atoms with Crippen molar-refractivity contribution in [3.05, 3.63) is 28.8 Å². The van der Waals surface area contributed by atoms with Crippen LogP contribution >= 0.6 is 11.6 Å². The number of rotatable bonds is 4. The molecule has 0 amide bonds. The van der Waals surface area contributed by atoms with Crippen LogP contribution in [0.25, 0.3) is 0 Å². The van der Waals surface area contributed by atoms with Gasteiger partial charge in [0.15, 0.2) is 0 Å². The van der Waals surface area contributed by atoms with E-state index in [0.717, 1.165) is 25.7 Å². The Labute approximate surface area is 131 Å². The van der Waals surface area contributed by atoms with Gasteiger partial charge < -0.3 is 10.5 Å². The first kappa shape index (κ1) is 16.2. The normalized spacial score (nSPS) is 23.6. The number of hydrogen-bond donors (Lipinski definition) is 1. The third kappa shape index (κ3) is 3.91. The van der Waals surface area contributed by atoms with Gasteiger partial charge in [-0.2, -0.15) is 0 Å². The Hall–Kier alpha value is -1.22. The summed E-state index contributed by atoms with van der Waals surface area (Å²) in [5, 5.41) is 0.634. The van der Waals surface area contributed by atoms with E-state index in [0.29, 0.717) is 29.2 Å². The molecule has 0 radical (unpaired) electrons. The van der Waals surface area contributed by atoms with E-state index in [1.165, 1.54) is 5.56 Å². The zero-order valence-electron chi connectivity index (χ0n) is 12.8. The molecule has 2 N–H and O–H groups in total. The molecule has 1 atom stereocenters. The Bertz CT molecular complexity index is 496. The van der Waals surface area contributed by atoms with Gasteiger partial charge in [-0.25, -0.2) is 0 Å². The van der Waals surface area contributed by atoms with Crippen LogP contribution in [-0.4, -0.2) is 12.6 Å². The highest BCUT2D eigenvalue weighted by atomic mass is 35.5. The summed E-state index contributed by atoms with van der Waals surface area (Å²) in [6.07, 6.45) is 4.31. The standard InChI is InChI=1S/C17H24ClNO2/c1-3-21-17(20)11(2)12-4-6-13(7-5-12)14-8-9-16(19)15(18)10-14/h8-13H,3-7,19H2,1-2H3/t11?,12-,13-. The molecule has 21 heavy (non-hydrogen) atoms. The maximum atomic E-state index is 11.8. The van der Waals surface area contributed by atoms with Crippen LogP contribution in [0.2, 0.25) is 5.02 Å². The van der Waals surface area contributed by atoms with Gasteiger partial charge in [0.1, 0.15) is 0 Å². The molecule has 3 nitrogen and oxygen atoms in total. The van der Waals surface area contributed by atoms with Crippen molar-refractivity contribution in [1.29, 1.82) is 0 Å². The van der Waals surface area contributed by atoms with Gasteiger partial charge in [-0.1, -0.05) is 24.6 Å². The number of carbonyl (C=O) groups excluding carboxylic acids is 1. The van der Waals surface area contributed by atoms with Crippen molar-refractivity contribution in [2.75, 3.05) is 12.3 Å². The van der Waals surface area contributed by atoms with Crippen LogP contribution in [0.4, 0.5) is 5.69 Å². The van der Waals surface area contributed by atoms with Crippen molar-refractivity contribution in [2.45, 2.75) is 45.4 Å². The van der Waals surface area contributed by atoms with Crippen LogP contribution < -0.4 is 5.73 Å². The van der Waals surface area contributed by atoms with E-state index >= 15 is 0 Å². The second-order valence-electron chi connectivity index (χ2n) is 5.93. The highest BCUT2D eigenvalue weighted by Gasteiger charge is 2.30. The highest BCUT2D eigenvalue weighted by molar-refractivity contribution is 6.33. The number of halogens is 1. The predicted octanol–water partition coefficient (Wildman–Crippen LogP) is 4.40. The third-order valence-electron chi connectivity index (χ3n) is 4.63. The van der Waals surface area contributed by atoms with E-state index in [4.69, 9.17) is 22.1 Å². The van der Waals surface area contributed by atoms with Crippen LogP contribution in [0.3, 0.4) is 0 Å². The molecule has 0 aromatic heterocycles. The van der Waals surface area contributed by atoms with E-state index < -0.39 is 0 Å². The summed E-state index contributed by atoms with van der Waals surface area (Å²) in [4.78, 5) is 11.8. The number of ether oxygens (including phenoxy) is 1. The van der Waals surface area contributed by atoms with Crippen molar-refractivity contribution >= 4 is 23.3 Å². The van der Waals surface area contributed by atoms with Gasteiger partial charge in [0, 0.05) is 0 Å². The zero-order valence-corrected chi connectivity index (χ0v) is 13.5. The van der Waals surface area contributed by atoms with Gasteiger partial charge >= 0.3 is 5.97 Å². The molecule has 0 saturated heterocycles. The Kier molecular flexibility index (Phi) is 5.51. The fourth-order valence-electron chi connectivity index (χ4n) is 3.22. The van der Waals surface area contributed by atoms with E-state index in [9.17, 15) is 4.79 Å². The molecule has 0 spiro atoms. The van der Waals surface area contributed by atoms with Crippen LogP contribution in [0.1, 0.15) is 51.0 Å². The molecular weight excluding hydrogens is 286 g/mol. The lowest BCUT2D eigenvalue weighted by atomic mass is 9.74. The summed E-state index contributed by atoms with van der Waals surface area (Å²) >= 11 is 6.10. The summed E-state index contributed by atoms with van der Waals surface area (Å²) in [6.45, 7) is 4.30. The number of esters is 1. The lowest BCUT2D eigenvalue weighted by Gasteiger charge is -2.31. The number of benzene rings is 1. The molecule has 0 bridgehead atoms. The van der Waals surface area contributed by atoms with Gasteiger partial charge in [-0.15, -0.1) is 0 Å². The van der Waals surface area contributed by atoms with Crippen LogP contribution in [0, 0.1) is 11.8 Å². The minimum absolute atomic E-state index is 0.000839. The smallest absolute Gasteiger partial charge is 0.308 e. The first-order valence-electron chi connectivity index (χ1n) is 7.74. The van der Waals surface area contributed by atoms with Gasteiger partial charge in [0.05, 0.1) is 23.2 Å².